The molecule has 0 bridgehead atoms. The van der Waals surface area contributed by atoms with Crippen molar-refractivity contribution >= 4 is 17.1 Å². The Balaban J connectivity index is 2.50. The van der Waals surface area contributed by atoms with Crippen LogP contribution in [0.5, 0.6) is 0 Å². The molecule has 0 saturated carbocycles. The lowest BCUT2D eigenvalue weighted by molar-refractivity contribution is 0.101. The standard InChI is InChI=1S/C13H13NOS/c1-8-4-5-9(2)11(6-8)12-7-16-13(14-12)10(3)15/h4-7H,1-3H3. The second-order valence-electron chi connectivity index (χ2n) is 3.91. The summed E-state index contributed by atoms with van der Waals surface area (Å²) < 4.78 is 0. The van der Waals surface area contributed by atoms with E-state index in [9.17, 15) is 4.79 Å². The van der Waals surface area contributed by atoms with E-state index < -0.39 is 0 Å². The van der Waals surface area contributed by atoms with Crippen molar-refractivity contribution in [3.63, 3.8) is 0 Å². The number of carbonyl (C=O) groups is 1. The van der Waals surface area contributed by atoms with Gasteiger partial charge in [0.1, 0.15) is 0 Å². The maximum absolute atomic E-state index is 11.2. The second-order valence-corrected chi connectivity index (χ2v) is 4.77. The molecule has 0 aliphatic heterocycles. The van der Waals surface area contributed by atoms with Gasteiger partial charge in [0.15, 0.2) is 10.8 Å². The summed E-state index contributed by atoms with van der Waals surface area (Å²) in [5.74, 6) is 0.0292. The van der Waals surface area contributed by atoms with Gasteiger partial charge in [-0.2, -0.15) is 0 Å². The lowest BCUT2D eigenvalue weighted by atomic mass is 10.0. The summed E-state index contributed by atoms with van der Waals surface area (Å²) in [5, 5.41) is 2.52. The number of benzene rings is 1. The molecule has 2 aromatic rings. The Hall–Kier alpha value is -1.48. The first kappa shape index (κ1) is 11.0. The molecule has 82 valence electrons. The molecule has 1 heterocycles. The molecular formula is C13H13NOS. The SMILES string of the molecule is CC(=O)c1nc(-c2cc(C)ccc2C)cs1. The first-order chi connectivity index (χ1) is 7.58. The Morgan fingerprint density at radius 1 is 1.31 bits per heavy atom. The largest absolute Gasteiger partial charge is 0.292 e. The minimum atomic E-state index is 0.0292. The third kappa shape index (κ3) is 2.04. The highest BCUT2D eigenvalue weighted by Crippen LogP contribution is 2.26. The normalized spacial score (nSPS) is 10.4. The Morgan fingerprint density at radius 3 is 2.69 bits per heavy atom. The number of rotatable bonds is 2. The first-order valence-electron chi connectivity index (χ1n) is 5.12. The molecule has 1 aromatic heterocycles. The van der Waals surface area contributed by atoms with E-state index in [-0.39, 0.29) is 5.78 Å². The fourth-order valence-electron chi connectivity index (χ4n) is 1.57. The zero-order valence-electron chi connectivity index (χ0n) is 9.57. The third-order valence-corrected chi connectivity index (χ3v) is 3.42. The Morgan fingerprint density at radius 2 is 2.06 bits per heavy atom. The molecule has 1 aromatic carbocycles. The minimum Gasteiger partial charge on any atom is -0.292 e. The van der Waals surface area contributed by atoms with Crippen LogP contribution in [0.3, 0.4) is 0 Å². The van der Waals surface area contributed by atoms with Gasteiger partial charge in [0.2, 0.25) is 0 Å². The quantitative estimate of drug-likeness (QED) is 0.739. The van der Waals surface area contributed by atoms with Gasteiger partial charge < -0.3 is 0 Å². The summed E-state index contributed by atoms with van der Waals surface area (Å²) >= 11 is 1.41. The molecule has 3 heteroatoms. The number of ketones is 1. The highest BCUT2D eigenvalue weighted by atomic mass is 32.1. The summed E-state index contributed by atoms with van der Waals surface area (Å²) in [6.45, 7) is 5.66. The van der Waals surface area contributed by atoms with Crippen LogP contribution in [0, 0.1) is 13.8 Å². The van der Waals surface area contributed by atoms with Gasteiger partial charge in [-0.3, -0.25) is 4.79 Å². The van der Waals surface area contributed by atoms with Crippen molar-refractivity contribution in [1.82, 2.24) is 4.98 Å². The maximum atomic E-state index is 11.2. The van der Waals surface area contributed by atoms with Crippen molar-refractivity contribution in [2.45, 2.75) is 20.8 Å². The van der Waals surface area contributed by atoms with Gasteiger partial charge in [-0.15, -0.1) is 11.3 Å². The van der Waals surface area contributed by atoms with Crippen molar-refractivity contribution in [1.29, 1.82) is 0 Å². The molecule has 0 spiro atoms. The minimum absolute atomic E-state index is 0.0292. The molecule has 0 saturated heterocycles. The molecule has 16 heavy (non-hydrogen) atoms. The Bertz CT molecular complexity index is 543. The van der Waals surface area contributed by atoms with Crippen LogP contribution in [0.1, 0.15) is 27.9 Å². The average Bonchev–Trinajstić information content (AvgIpc) is 2.70. The molecule has 0 radical (unpaired) electrons. The maximum Gasteiger partial charge on any atom is 0.188 e. The van der Waals surface area contributed by atoms with E-state index in [1.807, 2.05) is 5.38 Å². The number of aromatic nitrogens is 1. The number of thiazole rings is 1. The van der Waals surface area contributed by atoms with Crippen LogP contribution >= 0.6 is 11.3 Å². The Labute approximate surface area is 99.0 Å². The van der Waals surface area contributed by atoms with Crippen LogP contribution in [-0.2, 0) is 0 Å². The smallest absolute Gasteiger partial charge is 0.188 e. The number of aryl methyl sites for hydroxylation is 2. The monoisotopic (exact) mass is 231 g/mol. The predicted molar refractivity (Wildman–Crippen MR) is 67.0 cm³/mol. The van der Waals surface area contributed by atoms with E-state index in [1.54, 1.807) is 6.92 Å². The molecule has 0 amide bonds. The van der Waals surface area contributed by atoms with Crippen molar-refractivity contribution in [3.05, 3.63) is 39.7 Å². The lowest BCUT2D eigenvalue weighted by Gasteiger charge is -2.03. The second kappa shape index (κ2) is 4.18. The summed E-state index contributed by atoms with van der Waals surface area (Å²) in [5.41, 5.74) is 4.41. The number of hydrogen-bond acceptors (Lipinski definition) is 3. The van der Waals surface area contributed by atoms with Gasteiger partial charge in [-0.05, 0) is 25.5 Å². The van der Waals surface area contributed by atoms with E-state index in [0.717, 1.165) is 11.3 Å². The van der Waals surface area contributed by atoms with Crippen molar-refractivity contribution in [2.75, 3.05) is 0 Å². The zero-order valence-corrected chi connectivity index (χ0v) is 10.4. The van der Waals surface area contributed by atoms with E-state index in [0.29, 0.717) is 5.01 Å². The van der Waals surface area contributed by atoms with Crippen LogP contribution in [-0.4, -0.2) is 10.8 Å². The summed E-state index contributed by atoms with van der Waals surface area (Å²) in [4.78, 5) is 15.5. The number of Topliss-reactive ketones (excluding diaryl/α,β-unsaturated/α-hetero) is 1. The molecule has 2 rings (SSSR count). The molecule has 0 atom stereocenters. The van der Waals surface area contributed by atoms with Crippen LogP contribution in [0.4, 0.5) is 0 Å². The van der Waals surface area contributed by atoms with E-state index in [2.05, 4.69) is 37.0 Å². The fraction of sp³-hybridized carbons (Fsp3) is 0.231. The van der Waals surface area contributed by atoms with Gasteiger partial charge in [0.05, 0.1) is 5.69 Å². The zero-order chi connectivity index (χ0) is 11.7. The number of hydrogen-bond donors (Lipinski definition) is 0. The van der Waals surface area contributed by atoms with Crippen LogP contribution in [0.2, 0.25) is 0 Å². The van der Waals surface area contributed by atoms with Gasteiger partial charge >= 0.3 is 0 Å². The van der Waals surface area contributed by atoms with Gasteiger partial charge in [0, 0.05) is 17.9 Å². The van der Waals surface area contributed by atoms with Gasteiger partial charge in [-0.1, -0.05) is 17.7 Å². The van der Waals surface area contributed by atoms with Crippen LogP contribution in [0.25, 0.3) is 11.3 Å². The molecule has 0 N–H and O–H groups in total. The summed E-state index contributed by atoms with van der Waals surface area (Å²) in [6.07, 6.45) is 0. The van der Waals surface area contributed by atoms with E-state index in [4.69, 9.17) is 0 Å². The van der Waals surface area contributed by atoms with Gasteiger partial charge in [0.25, 0.3) is 0 Å². The van der Waals surface area contributed by atoms with Crippen molar-refractivity contribution < 1.29 is 4.79 Å². The third-order valence-electron chi connectivity index (χ3n) is 2.47. The first-order valence-corrected chi connectivity index (χ1v) is 6.00. The number of nitrogens with zero attached hydrogens (tertiary/aromatic N) is 1. The lowest BCUT2D eigenvalue weighted by Crippen LogP contribution is -1.91. The van der Waals surface area contributed by atoms with Crippen molar-refractivity contribution in [3.8, 4) is 11.3 Å². The van der Waals surface area contributed by atoms with Crippen LogP contribution in [0.15, 0.2) is 23.6 Å². The average molecular weight is 231 g/mol. The predicted octanol–water partition coefficient (Wildman–Crippen LogP) is 3.63. The highest BCUT2D eigenvalue weighted by molar-refractivity contribution is 7.12. The molecule has 0 aliphatic rings. The summed E-state index contributed by atoms with van der Waals surface area (Å²) in [7, 11) is 0. The van der Waals surface area contributed by atoms with E-state index >= 15 is 0 Å². The fourth-order valence-corrected chi connectivity index (χ4v) is 2.29. The molecular weight excluding hydrogens is 218 g/mol. The molecule has 0 unspecified atom stereocenters. The van der Waals surface area contributed by atoms with Crippen molar-refractivity contribution in [2.24, 2.45) is 0 Å². The molecule has 0 aliphatic carbocycles. The Kier molecular flexibility index (Phi) is 2.88. The summed E-state index contributed by atoms with van der Waals surface area (Å²) in [6, 6.07) is 6.27. The topological polar surface area (TPSA) is 30.0 Å². The number of carbonyl (C=O) groups excluding carboxylic acids is 1. The van der Waals surface area contributed by atoms with Gasteiger partial charge in [-0.25, -0.2) is 4.98 Å². The molecule has 2 nitrogen and oxygen atoms in total. The highest BCUT2D eigenvalue weighted by Gasteiger charge is 2.09. The van der Waals surface area contributed by atoms with E-state index in [1.165, 1.54) is 22.5 Å². The molecule has 0 fully saturated rings. The van der Waals surface area contributed by atoms with Crippen LogP contribution < -0.4 is 0 Å².